The zero-order valence-corrected chi connectivity index (χ0v) is 15.7. The number of carbonyl (C=O) groups is 1. The number of sulfonamides is 1. The summed E-state index contributed by atoms with van der Waals surface area (Å²) >= 11 is 11.8. The molecule has 0 spiro atoms. The molecule has 1 aromatic carbocycles. The van der Waals surface area contributed by atoms with Gasteiger partial charge in [0.15, 0.2) is 0 Å². The van der Waals surface area contributed by atoms with Gasteiger partial charge < -0.3 is 5.32 Å². The number of rotatable bonds is 4. The monoisotopic (exact) mass is 390 g/mol. The van der Waals surface area contributed by atoms with Gasteiger partial charge in [0.1, 0.15) is 4.33 Å². The van der Waals surface area contributed by atoms with Crippen LogP contribution in [0, 0.1) is 12.8 Å². The number of aryl methyl sites for hydroxylation is 1. The Kier molecular flexibility index (Phi) is 4.86. The third-order valence-corrected chi connectivity index (χ3v) is 7.29. The smallest absolute Gasteiger partial charge is 0.243 e. The third kappa shape index (κ3) is 3.57. The number of anilines is 1. The molecule has 1 atom stereocenters. The van der Waals surface area contributed by atoms with Crippen molar-refractivity contribution in [1.82, 2.24) is 4.31 Å². The van der Waals surface area contributed by atoms with Gasteiger partial charge in [-0.25, -0.2) is 8.42 Å². The molecule has 1 aromatic rings. The Morgan fingerprint density at radius 1 is 1.25 bits per heavy atom. The first-order valence-corrected chi connectivity index (χ1v) is 10.2. The number of nitrogens with zero attached hydrogens (tertiary/aromatic N) is 1. The van der Waals surface area contributed by atoms with E-state index in [0.717, 1.165) is 24.8 Å². The summed E-state index contributed by atoms with van der Waals surface area (Å²) in [5, 5.41) is 2.75. The third-order valence-electron chi connectivity index (χ3n) is 4.56. The molecule has 0 radical (unpaired) electrons. The molecule has 5 nitrogen and oxygen atoms in total. The summed E-state index contributed by atoms with van der Waals surface area (Å²) in [5.41, 5.74) is 1.27. The Balaban J connectivity index is 1.82. The minimum absolute atomic E-state index is 0.198. The quantitative estimate of drug-likeness (QED) is 0.801. The van der Waals surface area contributed by atoms with Gasteiger partial charge in [-0.15, -0.1) is 23.2 Å². The second-order valence-corrected chi connectivity index (χ2v) is 9.93. The maximum Gasteiger partial charge on any atom is 0.243 e. The molecule has 1 N–H and O–H groups in total. The predicted molar refractivity (Wildman–Crippen MR) is 95.0 cm³/mol. The number of alkyl halides is 2. The number of hydrogen-bond donors (Lipinski definition) is 1. The molecule has 1 aliphatic carbocycles. The zero-order valence-electron chi connectivity index (χ0n) is 13.4. The van der Waals surface area contributed by atoms with Gasteiger partial charge in [-0.05, 0) is 43.9 Å². The summed E-state index contributed by atoms with van der Waals surface area (Å²) in [5.74, 6) is -0.738. The normalized spacial score (nSPS) is 23.7. The molecule has 2 aliphatic rings. The first-order valence-electron chi connectivity index (χ1n) is 8.01. The molecule has 0 unspecified atom stereocenters. The molecule has 132 valence electrons. The van der Waals surface area contributed by atoms with Crippen molar-refractivity contribution in [2.24, 2.45) is 5.92 Å². The second-order valence-electron chi connectivity index (χ2n) is 6.45. The van der Waals surface area contributed by atoms with Crippen LogP contribution in [0.3, 0.4) is 0 Å². The minimum Gasteiger partial charge on any atom is -0.325 e. The van der Waals surface area contributed by atoms with Crippen LogP contribution in [0.2, 0.25) is 0 Å². The molecule has 1 saturated heterocycles. The average Bonchev–Trinajstić information content (AvgIpc) is 3.19. The second kappa shape index (κ2) is 6.48. The molecule has 24 heavy (non-hydrogen) atoms. The van der Waals surface area contributed by atoms with E-state index in [1.165, 1.54) is 10.4 Å². The van der Waals surface area contributed by atoms with Gasteiger partial charge in [0.05, 0.1) is 10.8 Å². The lowest BCUT2D eigenvalue weighted by atomic mass is 10.2. The van der Waals surface area contributed by atoms with Gasteiger partial charge >= 0.3 is 0 Å². The van der Waals surface area contributed by atoms with Crippen molar-refractivity contribution in [1.29, 1.82) is 0 Å². The van der Waals surface area contributed by atoms with E-state index in [0.29, 0.717) is 25.2 Å². The number of piperidine rings is 1. The van der Waals surface area contributed by atoms with Gasteiger partial charge in [0.25, 0.3) is 0 Å². The van der Waals surface area contributed by atoms with Crippen LogP contribution in [0.1, 0.15) is 31.2 Å². The van der Waals surface area contributed by atoms with Gasteiger partial charge in [-0.1, -0.05) is 12.5 Å². The zero-order chi connectivity index (χ0) is 17.5. The van der Waals surface area contributed by atoms with Crippen molar-refractivity contribution >= 4 is 44.8 Å². The van der Waals surface area contributed by atoms with Crippen molar-refractivity contribution in [3.8, 4) is 0 Å². The van der Waals surface area contributed by atoms with E-state index in [2.05, 4.69) is 5.32 Å². The molecule has 0 bridgehead atoms. The molecule has 0 aromatic heterocycles. The molecule has 3 rings (SSSR count). The van der Waals surface area contributed by atoms with Crippen molar-refractivity contribution in [3.63, 3.8) is 0 Å². The Morgan fingerprint density at radius 3 is 2.46 bits per heavy atom. The van der Waals surface area contributed by atoms with E-state index in [-0.39, 0.29) is 10.8 Å². The summed E-state index contributed by atoms with van der Waals surface area (Å²) in [6.45, 7) is 2.90. The van der Waals surface area contributed by atoms with E-state index in [1.807, 2.05) is 6.92 Å². The Bertz CT molecular complexity index is 759. The Labute approximate surface area is 152 Å². The lowest BCUT2D eigenvalue weighted by Gasteiger charge is -2.26. The molecular formula is C16H20Cl2N2O3S. The largest absolute Gasteiger partial charge is 0.325 e. The summed E-state index contributed by atoms with van der Waals surface area (Å²) in [6.07, 6.45) is 3.22. The van der Waals surface area contributed by atoms with Gasteiger partial charge in [0, 0.05) is 18.8 Å². The number of carbonyl (C=O) groups excluding carboxylic acids is 1. The average molecular weight is 391 g/mol. The first kappa shape index (κ1) is 18.0. The fraction of sp³-hybridized carbons (Fsp3) is 0.562. The van der Waals surface area contributed by atoms with Crippen LogP contribution in [0.25, 0.3) is 0 Å². The van der Waals surface area contributed by atoms with E-state index in [4.69, 9.17) is 23.2 Å². The molecule has 1 saturated carbocycles. The number of nitrogens with one attached hydrogen (secondary N) is 1. The summed E-state index contributed by atoms with van der Waals surface area (Å²) in [6, 6.07) is 4.80. The molecule has 1 heterocycles. The van der Waals surface area contributed by atoms with Gasteiger partial charge in [-0.2, -0.15) is 4.31 Å². The SMILES string of the molecule is Cc1ccc(S(=O)(=O)N2CCCCC2)cc1NC(=O)[C@H]1CC1(Cl)Cl. The van der Waals surface area contributed by atoms with Crippen LogP contribution in [-0.4, -0.2) is 36.1 Å². The van der Waals surface area contributed by atoms with Crippen LogP contribution < -0.4 is 5.32 Å². The van der Waals surface area contributed by atoms with Crippen LogP contribution in [0.5, 0.6) is 0 Å². The fourth-order valence-corrected chi connectivity index (χ4v) is 4.92. The highest BCUT2D eigenvalue weighted by molar-refractivity contribution is 7.89. The van der Waals surface area contributed by atoms with Crippen LogP contribution in [-0.2, 0) is 14.8 Å². The maximum atomic E-state index is 12.8. The van der Waals surface area contributed by atoms with Crippen molar-refractivity contribution in [2.45, 2.75) is 41.8 Å². The fourth-order valence-electron chi connectivity index (χ4n) is 2.87. The molecule has 8 heteroatoms. The van der Waals surface area contributed by atoms with E-state index in [9.17, 15) is 13.2 Å². The molecule has 2 fully saturated rings. The van der Waals surface area contributed by atoms with Crippen LogP contribution in [0.4, 0.5) is 5.69 Å². The topological polar surface area (TPSA) is 66.5 Å². The van der Waals surface area contributed by atoms with E-state index >= 15 is 0 Å². The highest BCUT2D eigenvalue weighted by Crippen LogP contribution is 2.53. The van der Waals surface area contributed by atoms with Crippen molar-refractivity contribution in [2.75, 3.05) is 18.4 Å². The number of hydrogen-bond acceptors (Lipinski definition) is 3. The first-order chi connectivity index (χ1) is 11.2. The van der Waals surface area contributed by atoms with E-state index < -0.39 is 20.3 Å². The standard InChI is InChI=1S/C16H20Cl2N2O3S/c1-11-5-6-12(24(22,23)20-7-3-2-4-8-20)9-14(11)19-15(21)13-10-16(13,17)18/h5-6,9,13H,2-4,7-8,10H2,1H3,(H,19,21)/t13-/m1/s1. The lowest BCUT2D eigenvalue weighted by Crippen LogP contribution is -2.35. The summed E-state index contributed by atoms with van der Waals surface area (Å²) in [7, 11) is -3.53. The lowest BCUT2D eigenvalue weighted by molar-refractivity contribution is -0.117. The number of halogens is 2. The summed E-state index contributed by atoms with van der Waals surface area (Å²) < 4.78 is 26.0. The minimum atomic E-state index is -3.53. The Hall–Kier alpha value is -0.820. The molecular weight excluding hydrogens is 371 g/mol. The molecule has 1 amide bonds. The van der Waals surface area contributed by atoms with Gasteiger partial charge in [-0.3, -0.25) is 4.79 Å². The van der Waals surface area contributed by atoms with Crippen molar-refractivity contribution in [3.05, 3.63) is 23.8 Å². The maximum absolute atomic E-state index is 12.8. The Morgan fingerprint density at radius 2 is 1.88 bits per heavy atom. The molecule has 1 aliphatic heterocycles. The van der Waals surface area contributed by atoms with Crippen LogP contribution >= 0.6 is 23.2 Å². The van der Waals surface area contributed by atoms with Crippen LogP contribution in [0.15, 0.2) is 23.1 Å². The number of amides is 1. The highest BCUT2D eigenvalue weighted by atomic mass is 35.5. The van der Waals surface area contributed by atoms with Crippen molar-refractivity contribution < 1.29 is 13.2 Å². The summed E-state index contributed by atoms with van der Waals surface area (Å²) in [4.78, 5) is 12.4. The van der Waals surface area contributed by atoms with Gasteiger partial charge in [0.2, 0.25) is 15.9 Å². The van der Waals surface area contributed by atoms with E-state index in [1.54, 1.807) is 12.1 Å². The predicted octanol–water partition coefficient (Wildman–Crippen LogP) is 3.30. The highest BCUT2D eigenvalue weighted by Gasteiger charge is 2.56. The number of benzene rings is 1.